The third kappa shape index (κ3) is 1.63. The molecule has 2 rings (SSSR count). The molecule has 16 heavy (non-hydrogen) atoms. The van der Waals surface area contributed by atoms with E-state index in [1.54, 1.807) is 24.3 Å². The molecule has 0 saturated heterocycles. The van der Waals surface area contributed by atoms with Gasteiger partial charge in [0.25, 0.3) is 0 Å². The van der Waals surface area contributed by atoms with Crippen molar-refractivity contribution in [3.05, 3.63) is 35.5 Å². The zero-order valence-corrected chi connectivity index (χ0v) is 8.10. The Balaban J connectivity index is 2.76. The molecule has 82 valence electrons. The van der Waals surface area contributed by atoms with Crippen molar-refractivity contribution in [2.24, 2.45) is 0 Å². The highest BCUT2D eigenvalue weighted by molar-refractivity contribution is 5.85. The number of aromatic amines is 1. The fourth-order valence-electron chi connectivity index (χ4n) is 1.73. The van der Waals surface area contributed by atoms with Crippen molar-refractivity contribution in [3.8, 4) is 6.07 Å². The fraction of sp³-hybridized carbons (Fsp3) is 0.182. The van der Waals surface area contributed by atoms with Crippen molar-refractivity contribution < 1.29 is 13.2 Å². The molecule has 0 aliphatic heterocycles. The molecule has 0 radical (unpaired) electrons. The van der Waals surface area contributed by atoms with E-state index in [4.69, 9.17) is 5.26 Å². The Morgan fingerprint density at radius 2 is 1.94 bits per heavy atom. The fourth-order valence-corrected chi connectivity index (χ4v) is 1.73. The van der Waals surface area contributed by atoms with Crippen molar-refractivity contribution in [1.29, 1.82) is 5.26 Å². The van der Waals surface area contributed by atoms with Crippen LogP contribution in [0.3, 0.4) is 0 Å². The minimum absolute atomic E-state index is 0.0730. The summed E-state index contributed by atoms with van der Waals surface area (Å²) < 4.78 is 38.4. The van der Waals surface area contributed by atoms with Gasteiger partial charge in [-0.3, -0.25) is 0 Å². The molecule has 0 unspecified atom stereocenters. The molecule has 0 amide bonds. The number of nitrogens with one attached hydrogen (secondary N) is 1. The standard InChI is InChI=1S/C11H7F3N2/c12-11(13,14)10-7-3-1-2-4-8(7)16-9(10)5-6-15/h1-4,16H,5H2. The normalized spacial score (nSPS) is 11.6. The molecule has 1 N–H and O–H groups in total. The van der Waals surface area contributed by atoms with Crippen molar-refractivity contribution in [2.45, 2.75) is 12.6 Å². The quantitative estimate of drug-likeness (QED) is 0.793. The van der Waals surface area contributed by atoms with Crippen LogP contribution in [0.5, 0.6) is 0 Å². The predicted octanol–water partition coefficient (Wildman–Crippen LogP) is 3.25. The number of hydrogen-bond acceptors (Lipinski definition) is 1. The Labute approximate surface area is 89.3 Å². The molecule has 0 aliphatic carbocycles. The average Bonchev–Trinajstić information content (AvgIpc) is 2.55. The number of para-hydroxylation sites is 1. The van der Waals surface area contributed by atoms with E-state index in [-0.39, 0.29) is 17.5 Å². The smallest absolute Gasteiger partial charge is 0.357 e. The Kier molecular flexibility index (Phi) is 2.35. The lowest BCUT2D eigenvalue weighted by molar-refractivity contribution is -0.136. The van der Waals surface area contributed by atoms with Crippen LogP contribution in [0, 0.1) is 11.3 Å². The van der Waals surface area contributed by atoms with Crippen molar-refractivity contribution in [1.82, 2.24) is 4.98 Å². The first kappa shape index (κ1) is 10.6. The molecule has 2 aromatic rings. The van der Waals surface area contributed by atoms with Gasteiger partial charge in [-0.05, 0) is 6.07 Å². The molecule has 0 spiro atoms. The van der Waals surface area contributed by atoms with E-state index < -0.39 is 11.7 Å². The lowest BCUT2D eigenvalue weighted by Gasteiger charge is -2.06. The summed E-state index contributed by atoms with van der Waals surface area (Å²) in [7, 11) is 0. The van der Waals surface area contributed by atoms with Crippen LogP contribution in [0.2, 0.25) is 0 Å². The Morgan fingerprint density at radius 1 is 1.25 bits per heavy atom. The summed E-state index contributed by atoms with van der Waals surface area (Å²) in [6.07, 6.45) is -4.71. The number of nitriles is 1. The molecule has 0 saturated carbocycles. The van der Waals surface area contributed by atoms with E-state index in [2.05, 4.69) is 4.98 Å². The Hall–Kier alpha value is -1.96. The zero-order chi connectivity index (χ0) is 11.8. The van der Waals surface area contributed by atoms with E-state index in [0.29, 0.717) is 5.52 Å². The number of rotatable bonds is 1. The summed E-state index contributed by atoms with van der Waals surface area (Å²) in [5.41, 5.74) is -0.402. The summed E-state index contributed by atoms with van der Waals surface area (Å²) in [6.45, 7) is 0. The predicted molar refractivity (Wildman–Crippen MR) is 52.6 cm³/mol. The SMILES string of the molecule is N#CCc1[nH]c2ccccc2c1C(F)(F)F. The van der Waals surface area contributed by atoms with E-state index in [0.717, 1.165) is 0 Å². The summed E-state index contributed by atoms with van der Waals surface area (Å²) in [5.74, 6) is 0. The second kappa shape index (κ2) is 3.56. The molecule has 0 bridgehead atoms. The summed E-state index contributed by atoms with van der Waals surface area (Å²) >= 11 is 0. The average molecular weight is 224 g/mol. The Bertz CT molecular complexity index is 561. The second-order valence-electron chi connectivity index (χ2n) is 3.36. The number of H-pyrrole nitrogens is 1. The molecule has 0 aliphatic rings. The highest BCUT2D eigenvalue weighted by atomic mass is 19.4. The molecule has 2 nitrogen and oxygen atoms in total. The van der Waals surface area contributed by atoms with E-state index in [9.17, 15) is 13.2 Å². The van der Waals surface area contributed by atoms with Gasteiger partial charge in [0.1, 0.15) is 0 Å². The van der Waals surface area contributed by atoms with Crippen LogP contribution in [0.4, 0.5) is 13.2 Å². The molecular formula is C11H7F3N2. The monoisotopic (exact) mass is 224 g/mol. The van der Waals surface area contributed by atoms with Crippen molar-refractivity contribution in [2.75, 3.05) is 0 Å². The first-order valence-electron chi connectivity index (χ1n) is 4.58. The number of nitrogens with zero attached hydrogens (tertiary/aromatic N) is 1. The molecule has 1 aromatic carbocycles. The van der Waals surface area contributed by atoms with E-state index in [1.807, 2.05) is 0 Å². The summed E-state index contributed by atoms with van der Waals surface area (Å²) in [4.78, 5) is 2.63. The number of aromatic nitrogens is 1. The minimum Gasteiger partial charge on any atom is -0.357 e. The number of benzene rings is 1. The molecule has 1 heterocycles. The molecule has 0 fully saturated rings. The third-order valence-electron chi connectivity index (χ3n) is 2.32. The summed E-state index contributed by atoms with van der Waals surface area (Å²) in [5, 5.41) is 8.61. The van der Waals surface area contributed by atoms with Crippen LogP contribution < -0.4 is 0 Å². The van der Waals surface area contributed by atoms with Crippen LogP contribution in [0.25, 0.3) is 10.9 Å². The van der Waals surface area contributed by atoms with Crippen LogP contribution in [-0.4, -0.2) is 4.98 Å². The maximum absolute atomic E-state index is 12.8. The van der Waals surface area contributed by atoms with Crippen LogP contribution in [0.1, 0.15) is 11.3 Å². The number of alkyl halides is 3. The van der Waals surface area contributed by atoms with Crippen LogP contribution in [0.15, 0.2) is 24.3 Å². The van der Waals surface area contributed by atoms with Gasteiger partial charge >= 0.3 is 6.18 Å². The van der Waals surface area contributed by atoms with Gasteiger partial charge < -0.3 is 4.98 Å². The molecule has 0 atom stereocenters. The van der Waals surface area contributed by atoms with Crippen LogP contribution in [-0.2, 0) is 12.6 Å². The van der Waals surface area contributed by atoms with Crippen molar-refractivity contribution >= 4 is 10.9 Å². The van der Waals surface area contributed by atoms with E-state index in [1.165, 1.54) is 6.07 Å². The molecular weight excluding hydrogens is 217 g/mol. The maximum atomic E-state index is 12.8. The van der Waals surface area contributed by atoms with Gasteiger partial charge in [0.05, 0.1) is 18.1 Å². The second-order valence-corrected chi connectivity index (χ2v) is 3.36. The largest absolute Gasteiger partial charge is 0.418 e. The highest BCUT2D eigenvalue weighted by Gasteiger charge is 2.36. The van der Waals surface area contributed by atoms with Gasteiger partial charge in [-0.2, -0.15) is 18.4 Å². The van der Waals surface area contributed by atoms with Gasteiger partial charge in [0, 0.05) is 16.6 Å². The topological polar surface area (TPSA) is 39.6 Å². The number of fused-ring (bicyclic) bond motifs is 1. The Morgan fingerprint density at radius 3 is 2.56 bits per heavy atom. The minimum atomic E-state index is -4.44. The van der Waals surface area contributed by atoms with Gasteiger partial charge in [-0.15, -0.1) is 0 Å². The first-order chi connectivity index (χ1) is 7.54. The third-order valence-corrected chi connectivity index (χ3v) is 2.32. The highest BCUT2D eigenvalue weighted by Crippen LogP contribution is 2.37. The molecule has 5 heteroatoms. The lowest BCUT2D eigenvalue weighted by atomic mass is 10.1. The number of halogens is 3. The lowest BCUT2D eigenvalue weighted by Crippen LogP contribution is -2.07. The maximum Gasteiger partial charge on any atom is 0.418 e. The van der Waals surface area contributed by atoms with Crippen LogP contribution >= 0.6 is 0 Å². The first-order valence-corrected chi connectivity index (χ1v) is 4.58. The van der Waals surface area contributed by atoms with Gasteiger partial charge in [0.2, 0.25) is 0 Å². The van der Waals surface area contributed by atoms with Gasteiger partial charge in [0.15, 0.2) is 0 Å². The molecule has 1 aromatic heterocycles. The number of hydrogen-bond donors (Lipinski definition) is 1. The van der Waals surface area contributed by atoms with Gasteiger partial charge in [-0.1, -0.05) is 18.2 Å². The van der Waals surface area contributed by atoms with Gasteiger partial charge in [-0.25, -0.2) is 0 Å². The zero-order valence-electron chi connectivity index (χ0n) is 8.10. The van der Waals surface area contributed by atoms with Crippen molar-refractivity contribution in [3.63, 3.8) is 0 Å². The van der Waals surface area contributed by atoms with E-state index >= 15 is 0 Å². The summed E-state index contributed by atoms with van der Waals surface area (Å²) in [6, 6.07) is 7.88.